The van der Waals surface area contributed by atoms with Gasteiger partial charge in [-0.15, -0.1) is 6.58 Å². The van der Waals surface area contributed by atoms with Crippen LogP contribution in [0.3, 0.4) is 0 Å². The molecule has 4 unspecified atom stereocenters. The normalized spacial score (nSPS) is 26.4. The summed E-state index contributed by atoms with van der Waals surface area (Å²) < 4.78 is 7.67. The summed E-state index contributed by atoms with van der Waals surface area (Å²) in [6.45, 7) is 11.6. The Hall–Kier alpha value is -0.590. The monoisotopic (exact) mass is 498 g/mol. The third-order valence-corrected chi connectivity index (χ3v) is 7.04. The largest absolute Gasteiger partial charge is 0.378 e. The lowest BCUT2D eigenvalue weighted by Gasteiger charge is -2.36. The predicted octanol–water partition coefficient (Wildman–Crippen LogP) is 6.54. The van der Waals surface area contributed by atoms with Crippen LogP contribution in [0.4, 0.5) is 0 Å². The number of hydrogen-bond acceptors (Lipinski definition) is 3. The molecule has 0 radical (unpaired) electrons. The number of nitrogens with one attached hydrogen (secondary N) is 1. The number of ether oxygens (including phenoxy) is 1. The maximum absolute atomic E-state index is 6.34. The van der Waals surface area contributed by atoms with Crippen LogP contribution in [0.15, 0.2) is 45.7 Å². The molecule has 28 heavy (non-hydrogen) atoms. The van der Waals surface area contributed by atoms with Crippen molar-refractivity contribution in [2.45, 2.75) is 77.9 Å². The van der Waals surface area contributed by atoms with E-state index in [1.807, 2.05) is 6.08 Å². The highest BCUT2D eigenvalue weighted by molar-refractivity contribution is 14.1. The second-order valence-electron chi connectivity index (χ2n) is 8.46. The fourth-order valence-corrected chi connectivity index (χ4v) is 4.54. The fourth-order valence-electron chi connectivity index (χ4n) is 4.08. The van der Waals surface area contributed by atoms with E-state index in [-0.39, 0.29) is 0 Å². The topological polar surface area (TPSA) is 24.5 Å². The van der Waals surface area contributed by atoms with Crippen molar-refractivity contribution in [1.29, 1.82) is 0 Å². The molecule has 2 rings (SSSR count). The first-order valence-corrected chi connectivity index (χ1v) is 12.0. The SMILES string of the molecule is C=CCCC(CC)CCOC1CC(C)=C(NN(C)C2C=CC(I)=CC2)CC1C. The van der Waals surface area contributed by atoms with Crippen molar-refractivity contribution in [3.05, 3.63) is 45.7 Å². The van der Waals surface area contributed by atoms with Gasteiger partial charge in [-0.3, -0.25) is 0 Å². The number of rotatable bonds is 11. The number of nitrogens with zero attached hydrogens (tertiary/aromatic N) is 1. The maximum atomic E-state index is 6.34. The van der Waals surface area contributed by atoms with Gasteiger partial charge in [-0.2, -0.15) is 0 Å². The maximum Gasteiger partial charge on any atom is 0.0642 e. The first-order chi connectivity index (χ1) is 13.4. The van der Waals surface area contributed by atoms with E-state index >= 15 is 0 Å². The molecule has 4 atom stereocenters. The van der Waals surface area contributed by atoms with Gasteiger partial charge in [0, 0.05) is 22.9 Å². The molecule has 0 fully saturated rings. The first kappa shape index (κ1) is 23.7. The van der Waals surface area contributed by atoms with E-state index < -0.39 is 0 Å². The van der Waals surface area contributed by atoms with Gasteiger partial charge in [0.15, 0.2) is 0 Å². The molecule has 0 heterocycles. The summed E-state index contributed by atoms with van der Waals surface area (Å²) in [5.41, 5.74) is 6.50. The molecule has 3 nitrogen and oxygen atoms in total. The van der Waals surface area contributed by atoms with Crippen LogP contribution in [0, 0.1) is 11.8 Å². The second kappa shape index (κ2) is 12.2. The zero-order chi connectivity index (χ0) is 20.5. The lowest BCUT2D eigenvalue weighted by molar-refractivity contribution is 0.00374. The van der Waals surface area contributed by atoms with Gasteiger partial charge in [-0.1, -0.05) is 50.1 Å². The van der Waals surface area contributed by atoms with Crippen LogP contribution in [0.2, 0.25) is 0 Å². The van der Waals surface area contributed by atoms with Crippen LogP contribution in [0.5, 0.6) is 0 Å². The van der Waals surface area contributed by atoms with E-state index in [1.54, 1.807) is 0 Å². The van der Waals surface area contributed by atoms with Gasteiger partial charge in [0.1, 0.15) is 0 Å². The molecule has 2 aliphatic rings. The molecule has 0 aromatic carbocycles. The molecular weight excluding hydrogens is 459 g/mol. The molecule has 158 valence electrons. The summed E-state index contributed by atoms with van der Waals surface area (Å²) >= 11 is 2.38. The van der Waals surface area contributed by atoms with E-state index in [2.05, 4.69) is 85.7 Å². The van der Waals surface area contributed by atoms with Crippen LogP contribution in [0.25, 0.3) is 0 Å². The number of halogens is 1. The smallest absolute Gasteiger partial charge is 0.0642 e. The van der Waals surface area contributed by atoms with Gasteiger partial charge in [0.2, 0.25) is 0 Å². The van der Waals surface area contributed by atoms with Gasteiger partial charge in [-0.05, 0) is 79.9 Å². The standard InChI is InChI=1S/C24H39IN2O/c1-6-8-9-20(7-2)14-15-28-24-17-18(3)23(16-19(24)4)26-27(5)22-12-10-21(25)11-13-22/h6,10-12,19-20,22,24,26H,1,7-9,13-17H2,2-5H3. The van der Waals surface area contributed by atoms with E-state index in [1.165, 1.54) is 34.1 Å². The molecule has 0 bridgehead atoms. The molecule has 0 amide bonds. The minimum atomic E-state index is 0.354. The first-order valence-electron chi connectivity index (χ1n) is 10.9. The summed E-state index contributed by atoms with van der Waals surface area (Å²) in [6, 6.07) is 0.421. The lowest BCUT2D eigenvalue weighted by Crippen LogP contribution is -2.43. The van der Waals surface area contributed by atoms with Crippen LogP contribution in [-0.2, 0) is 4.74 Å². The molecule has 0 aromatic rings. The highest BCUT2D eigenvalue weighted by atomic mass is 127. The van der Waals surface area contributed by atoms with Crippen LogP contribution >= 0.6 is 22.6 Å². The van der Waals surface area contributed by atoms with E-state index in [0.29, 0.717) is 18.1 Å². The van der Waals surface area contributed by atoms with Crippen molar-refractivity contribution in [3.8, 4) is 0 Å². The Labute approximate surface area is 186 Å². The molecule has 4 heteroatoms. The van der Waals surface area contributed by atoms with Crippen molar-refractivity contribution >= 4 is 22.6 Å². The average molecular weight is 498 g/mol. The van der Waals surface area contributed by atoms with Crippen LogP contribution in [-0.4, -0.2) is 30.8 Å². The summed E-state index contributed by atoms with van der Waals surface area (Å²) in [5, 5.41) is 2.26. The second-order valence-corrected chi connectivity index (χ2v) is 9.70. The Morgan fingerprint density at radius 1 is 1.39 bits per heavy atom. The molecular formula is C24H39IN2O. The Balaban J connectivity index is 1.82. The third kappa shape index (κ3) is 7.34. The van der Waals surface area contributed by atoms with Gasteiger partial charge in [-0.25, -0.2) is 5.01 Å². The van der Waals surface area contributed by atoms with Crippen LogP contribution < -0.4 is 5.43 Å². The van der Waals surface area contributed by atoms with Crippen molar-refractivity contribution in [1.82, 2.24) is 10.4 Å². The van der Waals surface area contributed by atoms with Gasteiger partial charge < -0.3 is 10.2 Å². The van der Waals surface area contributed by atoms with Crippen molar-refractivity contribution in [3.63, 3.8) is 0 Å². The highest BCUT2D eigenvalue weighted by Crippen LogP contribution is 2.31. The van der Waals surface area contributed by atoms with Crippen molar-refractivity contribution in [2.24, 2.45) is 11.8 Å². The number of hydrogen-bond donors (Lipinski definition) is 1. The number of hydrazine groups is 1. The molecule has 0 aliphatic heterocycles. The Morgan fingerprint density at radius 3 is 2.82 bits per heavy atom. The molecule has 2 aliphatic carbocycles. The summed E-state index contributed by atoms with van der Waals surface area (Å²) in [6.07, 6.45) is 17.1. The Morgan fingerprint density at radius 2 is 2.18 bits per heavy atom. The fraction of sp³-hybridized carbons (Fsp3) is 0.667. The zero-order valence-electron chi connectivity index (χ0n) is 18.2. The quantitative estimate of drug-likeness (QED) is 0.199. The summed E-state index contributed by atoms with van der Waals surface area (Å²) in [7, 11) is 2.16. The molecule has 0 aromatic heterocycles. The highest BCUT2D eigenvalue weighted by Gasteiger charge is 2.27. The Bertz CT molecular complexity index is 595. The molecule has 0 spiro atoms. The number of likely N-dealkylation sites (N-methyl/N-ethyl adjacent to an activating group) is 1. The van der Waals surface area contributed by atoms with E-state index in [0.717, 1.165) is 38.2 Å². The molecule has 0 saturated carbocycles. The lowest BCUT2D eigenvalue weighted by atomic mass is 9.86. The van der Waals surface area contributed by atoms with Crippen molar-refractivity contribution in [2.75, 3.05) is 13.7 Å². The minimum Gasteiger partial charge on any atom is -0.378 e. The molecule has 1 N–H and O–H groups in total. The van der Waals surface area contributed by atoms with Gasteiger partial charge in [0.05, 0.1) is 12.1 Å². The van der Waals surface area contributed by atoms with Gasteiger partial charge in [0.25, 0.3) is 0 Å². The third-order valence-electron chi connectivity index (χ3n) is 6.24. The minimum absolute atomic E-state index is 0.354. The van der Waals surface area contributed by atoms with Crippen LogP contribution in [0.1, 0.15) is 65.7 Å². The van der Waals surface area contributed by atoms with E-state index in [4.69, 9.17) is 4.74 Å². The molecule has 0 saturated heterocycles. The number of allylic oxidation sites excluding steroid dienone is 4. The summed E-state index contributed by atoms with van der Waals surface area (Å²) in [4.78, 5) is 0. The summed E-state index contributed by atoms with van der Waals surface area (Å²) in [5.74, 6) is 1.32. The average Bonchev–Trinajstić information content (AvgIpc) is 2.68. The van der Waals surface area contributed by atoms with Gasteiger partial charge >= 0.3 is 0 Å². The van der Waals surface area contributed by atoms with E-state index in [9.17, 15) is 0 Å². The Kier molecular flexibility index (Phi) is 10.3. The predicted molar refractivity (Wildman–Crippen MR) is 129 cm³/mol. The van der Waals surface area contributed by atoms with Crippen molar-refractivity contribution < 1.29 is 4.74 Å². The zero-order valence-corrected chi connectivity index (χ0v) is 20.4.